The third-order valence-electron chi connectivity index (χ3n) is 2.90. The molecule has 0 spiro atoms. The Morgan fingerprint density at radius 1 is 1.41 bits per heavy atom. The number of hydrogen-bond donors (Lipinski definition) is 1. The van der Waals surface area contributed by atoms with Crippen molar-refractivity contribution in [1.82, 2.24) is 15.0 Å². The summed E-state index contributed by atoms with van der Waals surface area (Å²) in [6.07, 6.45) is 0. The first-order valence-corrected chi connectivity index (χ1v) is 5.78. The van der Waals surface area contributed by atoms with Gasteiger partial charge in [-0.15, -0.1) is 0 Å². The smallest absolute Gasteiger partial charge is 0.231 e. The second-order valence-electron chi connectivity index (χ2n) is 4.45. The summed E-state index contributed by atoms with van der Waals surface area (Å²) in [7, 11) is 0. The van der Waals surface area contributed by atoms with Gasteiger partial charge in [-0.1, -0.05) is 5.16 Å². The Kier molecular flexibility index (Phi) is 3.75. The molecule has 1 aromatic heterocycles. The molecule has 17 heavy (non-hydrogen) atoms. The molecule has 0 aliphatic carbocycles. The molecule has 1 aromatic rings. The van der Waals surface area contributed by atoms with Crippen LogP contribution in [0.25, 0.3) is 0 Å². The lowest BCUT2D eigenvalue weighted by atomic mass is 10.3. The summed E-state index contributed by atoms with van der Waals surface area (Å²) >= 11 is 0. The van der Waals surface area contributed by atoms with Crippen molar-refractivity contribution in [2.75, 3.05) is 32.7 Å². The van der Waals surface area contributed by atoms with Crippen LogP contribution in [0.15, 0.2) is 10.6 Å². The molecule has 1 aliphatic rings. The van der Waals surface area contributed by atoms with Crippen molar-refractivity contribution in [2.45, 2.75) is 13.5 Å². The van der Waals surface area contributed by atoms with Crippen molar-refractivity contribution in [3.8, 4) is 0 Å². The molecule has 2 rings (SSSR count). The number of hydrogen-bond acceptors (Lipinski definition) is 5. The van der Waals surface area contributed by atoms with Crippen LogP contribution in [-0.4, -0.2) is 53.6 Å². The minimum atomic E-state index is -0.260. The Balaban J connectivity index is 1.77. The highest BCUT2D eigenvalue weighted by atomic mass is 16.5. The van der Waals surface area contributed by atoms with Crippen molar-refractivity contribution >= 4 is 5.91 Å². The summed E-state index contributed by atoms with van der Waals surface area (Å²) in [4.78, 5) is 15.1. The van der Waals surface area contributed by atoms with Crippen LogP contribution < -0.4 is 5.73 Å². The van der Waals surface area contributed by atoms with E-state index in [1.165, 1.54) is 0 Å². The molecule has 6 heteroatoms. The van der Waals surface area contributed by atoms with E-state index in [0.717, 1.165) is 44.2 Å². The number of nitrogens with two attached hydrogens (primary N) is 1. The number of nitrogens with zero attached hydrogens (tertiary/aromatic N) is 3. The zero-order chi connectivity index (χ0) is 12.3. The topological polar surface area (TPSA) is 75.6 Å². The number of piperazine rings is 1. The van der Waals surface area contributed by atoms with Crippen LogP contribution in [0.3, 0.4) is 0 Å². The van der Waals surface area contributed by atoms with Gasteiger partial charge in [0.25, 0.3) is 0 Å². The van der Waals surface area contributed by atoms with Crippen LogP contribution in [0, 0.1) is 6.92 Å². The third kappa shape index (κ3) is 3.54. The van der Waals surface area contributed by atoms with Crippen molar-refractivity contribution in [3.63, 3.8) is 0 Å². The quantitative estimate of drug-likeness (QED) is 0.771. The predicted molar refractivity (Wildman–Crippen MR) is 62.2 cm³/mol. The molecule has 0 bridgehead atoms. The summed E-state index contributed by atoms with van der Waals surface area (Å²) in [5.41, 5.74) is 6.08. The molecule has 1 aliphatic heterocycles. The monoisotopic (exact) mass is 238 g/mol. The number of primary amides is 1. The molecule has 0 unspecified atom stereocenters. The standard InChI is InChI=1S/C11H18N4O2/c1-9-6-10(17-13-9)7-14-2-4-15(5-3-14)8-11(12)16/h6H,2-5,7-8H2,1H3,(H2,12,16). The average Bonchev–Trinajstić information content (AvgIpc) is 2.66. The Bertz CT molecular complexity index is 383. The molecule has 94 valence electrons. The highest BCUT2D eigenvalue weighted by molar-refractivity contribution is 5.75. The first-order valence-electron chi connectivity index (χ1n) is 5.78. The maximum atomic E-state index is 10.8. The number of carbonyl (C=O) groups excluding carboxylic acids is 1. The zero-order valence-electron chi connectivity index (χ0n) is 10.1. The number of amides is 1. The van der Waals surface area contributed by atoms with Crippen LogP contribution in [0.5, 0.6) is 0 Å². The maximum absolute atomic E-state index is 10.8. The molecule has 2 heterocycles. The summed E-state index contributed by atoms with van der Waals surface area (Å²) in [5, 5.41) is 3.86. The van der Waals surface area contributed by atoms with Crippen LogP contribution >= 0.6 is 0 Å². The highest BCUT2D eigenvalue weighted by Crippen LogP contribution is 2.09. The van der Waals surface area contributed by atoms with Crippen LogP contribution in [0.1, 0.15) is 11.5 Å². The van der Waals surface area contributed by atoms with E-state index in [9.17, 15) is 4.79 Å². The van der Waals surface area contributed by atoms with Crippen LogP contribution in [0.2, 0.25) is 0 Å². The predicted octanol–water partition coefficient (Wildman–Crippen LogP) is -0.414. The minimum absolute atomic E-state index is 0.260. The first-order chi connectivity index (χ1) is 8.13. The van der Waals surface area contributed by atoms with Gasteiger partial charge >= 0.3 is 0 Å². The molecule has 6 nitrogen and oxygen atoms in total. The van der Waals surface area contributed by atoms with E-state index in [1.807, 2.05) is 13.0 Å². The van der Waals surface area contributed by atoms with Gasteiger partial charge in [-0.25, -0.2) is 0 Å². The summed E-state index contributed by atoms with van der Waals surface area (Å²) < 4.78 is 5.18. The lowest BCUT2D eigenvalue weighted by Crippen LogP contribution is -2.48. The fraction of sp³-hybridized carbons (Fsp3) is 0.636. The Hall–Kier alpha value is -1.40. The SMILES string of the molecule is Cc1cc(CN2CCN(CC(N)=O)CC2)on1. The number of carbonyl (C=O) groups is 1. The van der Waals surface area contributed by atoms with Gasteiger partial charge in [0.15, 0.2) is 5.76 Å². The van der Waals surface area contributed by atoms with Gasteiger partial charge in [0.2, 0.25) is 5.91 Å². The van der Waals surface area contributed by atoms with Gasteiger partial charge in [0.05, 0.1) is 18.8 Å². The normalized spacial score (nSPS) is 18.4. The van der Waals surface area contributed by atoms with E-state index in [4.69, 9.17) is 10.3 Å². The van der Waals surface area contributed by atoms with Gasteiger partial charge < -0.3 is 10.3 Å². The molecule has 0 radical (unpaired) electrons. The largest absolute Gasteiger partial charge is 0.369 e. The Labute approximate surface area is 100 Å². The molecule has 0 aromatic carbocycles. The summed E-state index contributed by atoms with van der Waals surface area (Å²) in [6.45, 7) is 6.64. The molecule has 1 fully saturated rings. The van der Waals surface area contributed by atoms with E-state index in [1.54, 1.807) is 0 Å². The Morgan fingerprint density at radius 2 is 2.06 bits per heavy atom. The van der Waals surface area contributed by atoms with Crippen molar-refractivity contribution in [2.24, 2.45) is 5.73 Å². The molecular weight excluding hydrogens is 220 g/mol. The maximum Gasteiger partial charge on any atom is 0.231 e. The second kappa shape index (κ2) is 5.29. The van der Waals surface area contributed by atoms with E-state index in [0.29, 0.717) is 6.54 Å². The minimum Gasteiger partial charge on any atom is -0.369 e. The molecule has 0 saturated carbocycles. The lowest BCUT2D eigenvalue weighted by molar-refractivity contribution is -0.119. The summed E-state index contributed by atoms with van der Waals surface area (Å²) in [5.74, 6) is 0.634. The van der Waals surface area contributed by atoms with E-state index >= 15 is 0 Å². The molecule has 1 saturated heterocycles. The van der Waals surface area contributed by atoms with Crippen molar-refractivity contribution in [1.29, 1.82) is 0 Å². The van der Waals surface area contributed by atoms with Gasteiger partial charge in [-0.05, 0) is 6.92 Å². The fourth-order valence-electron chi connectivity index (χ4n) is 2.04. The van der Waals surface area contributed by atoms with Crippen molar-refractivity contribution < 1.29 is 9.32 Å². The molecule has 0 atom stereocenters. The van der Waals surface area contributed by atoms with E-state index in [-0.39, 0.29) is 5.91 Å². The average molecular weight is 238 g/mol. The molecule has 1 amide bonds. The molecule has 2 N–H and O–H groups in total. The third-order valence-corrected chi connectivity index (χ3v) is 2.90. The Morgan fingerprint density at radius 3 is 2.59 bits per heavy atom. The van der Waals surface area contributed by atoms with E-state index in [2.05, 4.69) is 15.0 Å². The first kappa shape index (κ1) is 12.1. The van der Waals surface area contributed by atoms with Gasteiger partial charge in [-0.3, -0.25) is 14.6 Å². The van der Waals surface area contributed by atoms with E-state index < -0.39 is 0 Å². The van der Waals surface area contributed by atoms with Crippen molar-refractivity contribution in [3.05, 3.63) is 17.5 Å². The summed E-state index contributed by atoms with van der Waals surface area (Å²) in [6, 6.07) is 1.95. The lowest BCUT2D eigenvalue weighted by Gasteiger charge is -2.33. The number of aromatic nitrogens is 1. The second-order valence-corrected chi connectivity index (χ2v) is 4.45. The van der Waals surface area contributed by atoms with Gasteiger partial charge in [0, 0.05) is 32.2 Å². The fourth-order valence-corrected chi connectivity index (χ4v) is 2.04. The zero-order valence-corrected chi connectivity index (χ0v) is 10.1. The highest BCUT2D eigenvalue weighted by Gasteiger charge is 2.19. The van der Waals surface area contributed by atoms with Crippen LogP contribution in [-0.2, 0) is 11.3 Å². The molecular formula is C11H18N4O2. The number of aryl methyl sites for hydroxylation is 1. The van der Waals surface area contributed by atoms with Crippen LogP contribution in [0.4, 0.5) is 0 Å². The van der Waals surface area contributed by atoms with Gasteiger partial charge in [-0.2, -0.15) is 0 Å². The number of rotatable bonds is 4. The van der Waals surface area contributed by atoms with Gasteiger partial charge in [0.1, 0.15) is 0 Å².